The maximum absolute atomic E-state index is 13.2. The SMILES string of the molecule is CC(C)(C)OC(=O)NC1CCN(c2c(-c3ccc(C(F)(F)F)cc3)cncc2-c2ccc(C(F)(F)F)cc2)CC1. The maximum Gasteiger partial charge on any atom is 0.416 e. The van der Waals surface area contributed by atoms with Crippen LogP contribution in [0.4, 0.5) is 36.8 Å². The molecule has 1 amide bonds. The Morgan fingerprint density at radius 1 is 0.800 bits per heavy atom. The number of nitrogens with zero attached hydrogens (tertiary/aromatic N) is 2. The van der Waals surface area contributed by atoms with Crippen molar-refractivity contribution in [1.29, 1.82) is 0 Å². The van der Waals surface area contributed by atoms with Crippen LogP contribution in [-0.2, 0) is 17.1 Å². The molecule has 0 atom stereocenters. The number of piperidine rings is 1. The van der Waals surface area contributed by atoms with E-state index in [9.17, 15) is 31.1 Å². The summed E-state index contributed by atoms with van der Waals surface area (Å²) < 4.78 is 84.4. The number of alkyl carbamates (subject to hydrolysis) is 1. The molecule has 3 aromatic rings. The minimum absolute atomic E-state index is 0.156. The van der Waals surface area contributed by atoms with Gasteiger partial charge in [0.15, 0.2) is 0 Å². The molecule has 1 aromatic heterocycles. The first-order valence-electron chi connectivity index (χ1n) is 12.7. The number of carbonyl (C=O) groups is 1. The second-order valence-electron chi connectivity index (χ2n) is 10.6. The number of pyridine rings is 1. The van der Waals surface area contributed by atoms with Gasteiger partial charge in [-0.15, -0.1) is 0 Å². The van der Waals surface area contributed by atoms with Crippen LogP contribution < -0.4 is 10.2 Å². The van der Waals surface area contributed by atoms with E-state index in [1.54, 1.807) is 20.8 Å². The average molecular weight is 566 g/mol. The lowest BCUT2D eigenvalue weighted by Gasteiger charge is -2.36. The Hall–Kier alpha value is -3.76. The number of amides is 1. The van der Waals surface area contributed by atoms with Gasteiger partial charge in [-0.3, -0.25) is 4.98 Å². The smallest absolute Gasteiger partial charge is 0.416 e. The van der Waals surface area contributed by atoms with Crippen molar-refractivity contribution < 1.29 is 35.9 Å². The average Bonchev–Trinajstić information content (AvgIpc) is 2.87. The minimum atomic E-state index is -4.50. The molecule has 4 rings (SSSR count). The van der Waals surface area contributed by atoms with E-state index < -0.39 is 35.2 Å². The van der Waals surface area contributed by atoms with Crippen LogP contribution in [0.3, 0.4) is 0 Å². The number of halogens is 6. The third-order valence-electron chi connectivity index (χ3n) is 6.50. The number of aromatic nitrogens is 1. The molecular formula is C29H29F6N3O2. The molecule has 1 fully saturated rings. The van der Waals surface area contributed by atoms with Crippen LogP contribution >= 0.6 is 0 Å². The maximum atomic E-state index is 13.2. The Labute approximate surface area is 228 Å². The van der Waals surface area contributed by atoms with Gasteiger partial charge in [0.25, 0.3) is 0 Å². The number of hydrogen-bond donors (Lipinski definition) is 1. The van der Waals surface area contributed by atoms with Crippen molar-refractivity contribution in [2.24, 2.45) is 0 Å². The van der Waals surface area contributed by atoms with Gasteiger partial charge in [-0.2, -0.15) is 26.3 Å². The van der Waals surface area contributed by atoms with Gasteiger partial charge in [-0.25, -0.2) is 4.79 Å². The third kappa shape index (κ3) is 7.05. The second kappa shape index (κ2) is 11.0. The standard InChI is InChI=1S/C29H29F6N3O2/c1-27(2,3)40-26(39)37-22-12-14-38(15-13-22)25-23(18-4-8-20(9-5-18)28(30,31)32)16-36-17-24(25)19-6-10-21(11-7-19)29(33,34)35/h4-11,16-17,22H,12-15H2,1-3H3,(H,37,39). The molecule has 11 heteroatoms. The van der Waals surface area contributed by atoms with Crippen LogP contribution in [0.5, 0.6) is 0 Å². The lowest BCUT2D eigenvalue weighted by Crippen LogP contribution is -2.46. The number of alkyl halides is 6. The van der Waals surface area contributed by atoms with Crippen molar-refractivity contribution in [3.63, 3.8) is 0 Å². The molecule has 40 heavy (non-hydrogen) atoms. The summed E-state index contributed by atoms with van der Waals surface area (Å²) in [6.45, 7) is 6.26. The van der Waals surface area contributed by atoms with Crippen LogP contribution in [0, 0.1) is 0 Å². The zero-order valence-electron chi connectivity index (χ0n) is 22.2. The van der Waals surface area contributed by atoms with Crippen molar-refractivity contribution >= 4 is 11.8 Å². The van der Waals surface area contributed by atoms with Gasteiger partial charge in [0.2, 0.25) is 0 Å². The second-order valence-corrected chi connectivity index (χ2v) is 10.6. The summed E-state index contributed by atoms with van der Waals surface area (Å²) in [5.41, 5.74) is 0.475. The molecule has 0 unspecified atom stereocenters. The van der Waals surface area contributed by atoms with Crippen LogP contribution in [0.1, 0.15) is 44.7 Å². The molecule has 2 aromatic carbocycles. The van der Waals surface area contributed by atoms with E-state index in [2.05, 4.69) is 10.3 Å². The summed E-state index contributed by atoms with van der Waals surface area (Å²) in [5, 5.41) is 2.87. The monoisotopic (exact) mass is 565 g/mol. The van der Waals surface area contributed by atoms with E-state index in [4.69, 9.17) is 4.74 Å². The number of benzene rings is 2. The van der Waals surface area contributed by atoms with E-state index in [-0.39, 0.29) is 6.04 Å². The molecule has 1 N–H and O–H groups in total. The van der Waals surface area contributed by atoms with E-state index in [0.717, 1.165) is 24.3 Å². The first-order valence-corrected chi connectivity index (χ1v) is 12.7. The van der Waals surface area contributed by atoms with Gasteiger partial charge in [0.05, 0.1) is 16.8 Å². The molecule has 1 aliphatic rings. The summed E-state index contributed by atoms with van der Waals surface area (Å²) in [6, 6.07) is 9.22. The predicted octanol–water partition coefficient (Wildman–Crippen LogP) is 7.95. The van der Waals surface area contributed by atoms with Crippen molar-refractivity contribution in [2.75, 3.05) is 18.0 Å². The van der Waals surface area contributed by atoms with Crippen molar-refractivity contribution in [1.82, 2.24) is 10.3 Å². The molecule has 1 aliphatic heterocycles. The Bertz CT molecular complexity index is 1250. The van der Waals surface area contributed by atoms with Crippen molar-refractivity contribution in [3.8, 4) is 22.3 Å². The summed E-state index contributed by atoms with van der Waals surface area (Å²) in [5.74, 6) is 0. The Morgan fingerprint density at radius 3 is 1.60 bits per heavy atom. The highest BCUT2D eigenvalue weighted by Gasteiger charge is 2.32. The van der Waals surface area contributed by atoms with Gasteiger partial charge in [-0.05, 0) is 69.0 Å². The zero-order chi connectivity index (χ0) is 29.3. The third-order valence-corrected chi connectivity index (χ3v) is 6.50. The van der Waals surface area contributed by atoms with Gasteiger partial charge in [-0.1, -0.05) is 24.3 Å². The van der Waals surface area contributed by atoms with Crippen LogP contribution in [0.25, 0.3) is 22.3 Å². The Balaban J connectivity index is 1.68. The lowest BCUT2D eigenvalue weighted by atomic mass is 9.94. The molecule has 0 radical (unpaired) electrons. The molecule has 2 heterocycles. The molecule has 1 saturated heterocycles. The molecule has 0 aliphatic carbocycles. The molecule has 5 nitrogen and oxygen atoms in total. The van der Waals surface area contributed by atoms with Gasteiger partial charge < -0.3 is 15.0 Å². The van der Waals surface area contributed by atoms with Crippen LogP contribution in [0.15, 0.2) is 60.9 Å². The fourth-order valence-electron chi connectivity index (χ4n) is 4.62. The number of rotatable bonds is 4. The Morgan fingerprint density at radius 2 is 1.23 bits per heavy atom. The molecule has 0 saturated carbocycles. The van der Waals surface area contributed by atoms with E-state index >= 15 is 0 Å². The minimum Gasteiger partial charge on any atom is -0.444 e. The highest BCUT2D eigenvalue weighted by Crippen LogP contribution is 2.41. The molecule has 0 bridgehead atoms. The first-order chi connectivity index (χ1) is 18.6. The highest BCUT2D eigenvalue weighted by atomic mass is 19.4. The summed E-state index contributed by atoms with van der Waals surface area (Å²) in [4.78, 5) is 18.5. The first kappa shape index (κ1) is 29.2. The number of nitrogens with one attached hydrogen (secondary N) is 1. The van der Waals surface area contributed by atoms with Crippen molar-refractivity contribution in [2.45, 2.75) is 57.6 Å². The molecular weight excluding hydrogens is 536 g/mol. The van der Waals surface area contributed by atoms with E-state index in [1.165, 1.54) is 36.7 Å². The highest BCUT2D eigenvalue weighted by molar-refractivity contribution is 5.90. The van der Waals surface area contributed by atoms with Gasteiger partial charge >= 0.3 is 18.4 Å². The van der Waals surface area contributed by atoms with Gasteiger partial charge in [0.1, 0.15) is 5.60 Å². The lowest BCUT2D eigenvalue weighted by molar-refractivity contribution is -0.138. The zero-order valence-corrected chi connectivity index (χ0v) is 22.2. The largest absolute Gasteiger partial charge is 0.444 e. The number of anilines is 1. The Kier molecular flexibility index (Phi) is 8.05. The molecule has 0 spiro atoms. The van der Waals surface area contributed by atoms with E-state index in [1.807, 2.05) is 4.90 Å². The van der Waals surface area contributed by atoms with Crippen LogP contribution in [-0.4, -0.2) is 35.8 Å². The van der Waals surface area contributed by atoms with Crippen molar-refractivity contribution in [3.05, 3.63) is 72.1 Å². The summed E-state index contributed by atoms with van der Waals surface area (Å²) >= 11 is 0. The number of ether oxygens (including phenoxy) is 1. The van der Waals surface area contributed by atoms with Gasteiger partial charge in [0, 0.05) is 42.7 Å². The van der Waals surface area contributed by atoms with Crippen LogP contribution in [0.2, 0.25) is 0 Å². The number of hydrogen-bond acceptors (Lipinski definition) is 4. The molecule has 214 valence electrons. The fourth-order valence-corrected chi connectivity index (χ4v) is 4.62. The van der Waals surface area contributed by atoms with E-state index in [0.29, 0.717) is 53.9 Å². The predicted molar refractivity (Wildman–Crippen MR) is 140 cm³/mol. The normalized spacial score (nSPS) is 15.2. The topological polar surface area (TPSA) is 54.5 Å². The number of carbonyl (C=O) groups excluding carboxylic acids is 1. The fraction of sp³-hybridized carbons (Fsp3) is 0.379. The summed E-state index contributed by atoms with van der Waals surface area (Å²) in [7, 11) is 0. The summed E-state index contributed by atoms with van der Waals surface area (Å²) in [6.07, 6.45) is -5.32. The quantitative estimate of drug-likeness (QED) is 0.326.